The van der Waals surface area contributed by atoms with Crippen LogP contribution in [0.1, 0.15) is 45.7 Å². The van der Waals surface area contributed by atoms with E-state index in [1.807, 2.05) is 11.5 Å². The second-order valence-electron chi connectivity index (χ2n) is 7.30. The lowest BCUT2D eigenvalue weighted by atomic mass is 9.95. The summed E-state index contributed by atoms with van der Waals surface area (Å²) in [6.45, 7) is 4.14. The van der Waals surface area contributed by atoms with Crippen LogP contribution in [0, 0.1) is 18.6 Å². The summed E-state index contributed by atoms with van der Waals surface area (Å²) < 4.78 is 35.8. The summed E-state index contributed by atoms with van der Waals surface area (Å²) in [5.41, 5.74) is 3.77. The number of benzene rings is 1. The van der Waals surface area contributed by atoms with Crippen LogP contribution in [-0.2, 0) is 24.1 Å². The Labute approximate surface area is 157 Å². The van der Waals surface area contributed by atoms with Crippen LogP contribution in [0.4, 0.5) is 8.78 Å². The highest BCUT2D eigenvalue weighted by Gasteiger charge is 2.30. The molecule has 0 saturated carbocycles. The van der Waals surface area contributed by atoms with Gasteiger partial charge >= 0.3 is 0 Å². The van der Waals surface area contributed by atoms with E-state index >= 15 is 0 Å². The SMILES string of the molecule is Cc1c2c(n(Cc3c(F)cccc3F)c1C(=O)N1CCOCC1)CCCC2. The maximum atomic E-state index is 14.3. The monoisotopic (exact) mass is 374 g/mol. The van der Waals surface area contributed by atoms with E-state index in [-0.39, 0.29) is 18.0 Å². The van der Waals surface area contributed by atoms with Crippen molar-refractivity contribution in [3.8, 4) is 0 Å². The van der Waals surface area contributed by atoms with Crippen molar-refractivity contribution >= 4 is 5.91 Å². The molecule has 2 heterocycles. The van der Waals surface area contributed by atoms with Gasteiger partial charge in [0.1, 0.15) is 17.3 Å². The smallest absolute Gasteiger partial charge is 0.270 e. The van der Waals surface area contributed by atoms with Crippen molar-refractivity contribution in [1.82, 2.24) is 9.47 Å². The summed E-state index contributed by atoms with van der Waals surface area (Å²) in [6, 6.07) is 3.90. The van der Waals surface area contributed by atoms with Gasteiger partial charge < -0.3 is 14.2 Å². The van der Waals surface area contributed by atoms with Crippen LogP contribution in [0.15, 0.2) is 18.2 Å². The highest BCUT2D eigenvalue weighted by Crippen LogP contribution is 2.32. The number of morpholine rings is 1. The third kappa shape index (κ3) is 3.27. The Balaban J connectivity index is 1.80. The number of aromatic nitrogens is 1. The van der Waals surface area contributed by atoms with Crippen molar-refractivity contribution in [1.29, 1.82) is 0 Å². The lowest BCUT2D eigenvalue weighted by molar-refractivity contribution is 0.0295. The van der Waals surface area contributed by atoms with E-state index in [9.17, 15) is 13.6 Å². The van der Waals surface area contributed by atoms with Gasteiger partial charge in [0.05, 0.1) is 19.8 Å². The molecule has 27 heavy (non-hydrogen) atoms. The summed E-state index contributed by atoms with van der Waals surface area (Å²) in [5, 5.41) is 0. The van der Waals surface area contributed by atoms with E-state index in [0.29, 0.717) is 32.0 Å². The molecule has 144 valence electrons. The minimum Gasteiger partial charge on any atom is -0.378 e. The van der Waals surface area contributed by atoms with Gasteiger partial charge in [-0.3, -0.25) is 4.79 Å². The quantitative estimate of drug-likeness (QED) is 0.825. The first-order valence-electron chi connectivity index (χ1n) is 9.58. The van der Waals surface area contributed by atoms with Crippen molar-refractivity contribution in [2.24, 2.45) is 0 Å². The molecule has 0 N–H and O–H groups in total. The number of hydrogen-bond donors (Lipinski definition) is 0. The molecule has 1 amide bonds. The molecule has 4 nitrogen and oxygen atoms in total. The van der Waals surface area contributed by atoms with E-state index in [1.54, 1.807) is 4.90 Å². The second-order valence-corrected chi connectivity index (χ2v) is 7.30. The molecule has 0 bridgehead atoms. The molecule has 1 aromatic carbocycles. The fraction of sp³-hybridized carbons (Fsp3) is 0.476. The zero-order chi connectivity index (χ0) is 19.0. The lowest BCUT2D eigenvalue weighted by Gasteiger charge is -2.28. The molecule has 0 atom stereocenters. The molecule has 0 unspecified atom stereocenters. The van der Waals surface area contributed by atoms with Gasteiger partial charge in [-0.25, -0.2) is 8.78 Å². The molecule has 1 aromatic heterocycles. The molecule has 0 radical (unpaired) electrons. The highest BCUT2D eigenvalue weighted by molar-refractivity contribution is 5.95. The van der Waals surface area contributed by atoms with Crippen molar-refractivity contribution < 1.29 is 18.3 Å². The van der Waals surface area contributed by atoms with Crippen molar-refractivity contribution in [2.45, 2.75) is 39.2 Å². The van der Waals surface area contributed by atoms with Crippen molar-refractivity contribution in [2.75, 3.05) is 26.3 Å². The average molecular weight is 374 g/mol. The van der Waals surface area contributed by atoms with Crippen LogP contribution in [0.3, 0.4) is 0 Å². The minimum absolute atomic E-state index is 0.0110. The average Bonchev–Trinajstić information content (AvgIpc) is 2.97. The van der Waals surface area contributed by atoms with Gasteiger partial charge in [-0.2, -0.15) is 0 Å². The second kappa shape index (κ2) is 7.43. The standard InChI is InChI=1S/C21H24F2N2O2/c1-14-15-5-2-3-8-19(15)25(13-16-17(22)6-4-7-18(16)23)20(14)21(26)24-9-11-27-12-10-24/h4,6-7H,2-3,5,8-13H2,1H3. The minimum atomic E-state index is -0.573. The Morgan fingerprint density at radius 3 is 2.48 bits per heavy atom. The number of halogens is 2. The Kier molecular flexibility index (Phi) is 5.00. The molecule has 2 aliphatic rings. The van der Waals surface area contributed by atoms with Gasteiger partial charge in [-0.05, 0) is 55.9 Å². The summed E-state index contributed by atoms with van der Waals surface area (Å²) in [5.74, 6) is -1.21. The molecular weight excluding hydrogens is 350 g/mol. The zero-order valence-electron chi connectivity index (χ0n) is 15.6. The first-order valence-corrected chi connectivity index (χ1v) is 9.58. The fourth-order valence-corrected chi connectivity index (χ4v) is 4.28. The molecule has 0 spiro atoms. The van der Waals surface area contributed by atoms with Gasteiger partial charge in [0.25, 0.3) is 5.91 Å². The van der Waals surface area contributed by atoms with Gasteiger partial charge in [0.2, 0.25) is 0 Å². The summed E-state index contributed by atoms with van der Waals surface area (Å²) >= 11 is 0. The largest absolute Gasteiger partial charge is 0.378 e. The van der Waals surface area contributed by atoms with Crippen LogP contribution in [0.5, 0.6) is 0 Å². The third-order valence-electron chi connectivity index (χ3n) is 5.72. The molecule has 2 aromatic rings. The van der Waals surface area contributed by atoms with Crippen molar-refractivity contribution in [3.63, 3.8) is 0 Å². The van der Waals surface area contributed by atoms with Crippen molar-refractivity contribution in [3.05, 3.63) is 57.9 Å². The summed E-state index contributed by atoms with van der Waals surface area (Å²) in [7, 11) is 0. The first kappa shape index (κ1) is 18.2. The number of amides is 1. The third-order valence-corrected chi connectivity index (χ3v) is 5.72. The van der Waals surface area contributed by atoms with E-state index < -0.39 is 11.6 Å². The topological polar surface area (TPSA) is 34.5 Å². The van der Waals surface area contributed by atoms with Gasteiger partial charge in [0, 0.05) is 24.3 Å². The van der Waals surface area contributed by atoms with E-state index in [0.717, 1.165) is 36.9 Å². The first-order chi connectivity index (χ1) is 13.1. The molecule has 1 aliphatic heterocycles. The number of fused-ring (bicyclic) bond motifs is 1. The molecule has 1 fully saturated rings. The van der Waals surface area contributed by atoms with Gasteiger partial charge in [0.15, 0.2) is 0 Å². The van der Waals surface area contributed by atoms with Crippen LogP contribution in [0.2, 0.25) is 0 Å². The number of nitrogens with zero attached hydrogens (tertiary/aromatic N) is 2. The van der Waals surface area contributed by atoms with E-state index in [4.69, 9.17) is 4.74 Å². The Morgan fingerprint density at radius 2 is 1.78 bits per heavy atom. The summed E-state index contributed by atoms with van der Waals surface area (Å²) in [6.07, 6.45) is 3.86. The highest BCUT2D eigenvalue weighted by atomic mass is 19.1. The molecule has 1 saturated heterocycles. The van der Waals surface area contributed by atoms with Gasteiger partial charge in [-0.1, -0.05) is 6.07 Å². The Hall–Kier alpha value is -2.21. The molecule has 6 heteroatoms. The fourth-order valence-electron chi connectivity index (χ4n) is 4.28. The molecule has 1 aliphatic carbocycles. The Morgan fingerprint density at radius 1 is 1.11 bits per heavy atom. The van der Waals surface area contributed by atoms with Crippen LogP contribution < -0.4 is 0 Å². The molecular formula is C21H24F2N2O2. The van der Waals surface area contributed by atoms with Crippen LogP contribution in [0.25, 0.3) is 0 Å². The predicted molar refractivity (Wildman–Crippen MR) is 98.0 cm³/mol. The zero-order valence-corrected chi connectivity index (χ0v) is 15.6. The number of rotatable bonds is 3. The number of hydrogen-bond acceptors (Lipinski definition) is 2. The Bertz CT molecular complexity index is 849. The maximum absolute atomic E-state index is 14.3. The number of ether oxygens (including phenoxy) is 1. The van der Waals surface area contributed by atoms with E-state index in [1.165, 1.54) is 23.8 Å². The van der Waals surface area contributed by atoms with E-state index in [2.05, 4.69) is 0 Å². The van der Waals surface area contributed by atoms with Crippen LogP contribution >= 0.6 is 0 Å². The summed E-state index contributed by atoms with van der Waals surface area (Å²) in [4.78, 5) is 15.1. The maximum Gasteiger partial charge on any atom is 0.270 e. The molecule has 4 rings (SSSR count). The lowest BCUT2D eigenvalue weighted by Crippen LogP contribution is -2.41. The predicted octanol–water partition coefficient (Wildman–Crippen LogP) is 3.47. The number of carbonyl (C=O) groups is 1. The van der Waals surface area contributed by atoms with Crippen LogP contribution in [-0.4, -0.2) is 41.7 Å². The normalized spacial score (nSPS) is 17.1. The van der Waals surface area contributed by atoms with Gasteiger partial charge in [-0.15, -0.1) is 0 Å². The number of carbonyl (C=O) groups excluding carboxylic acids is 1.